The maximum absolute atomic E-state index is 12.0. The molecule has 0 radical (unpaired) electrons. The van der Waals surface area contributed by atoms with Crippen molar-refractivity contribution in [1.29, 1.82) is 0 Å². The molecular formula is C12H22N4O3S2. The number of sulfonamides is 1. The first-order valence-corrected chi connectivity index (χ1v) is 8.85. The van der Waals surface area contributed by atoms with Gasteiger partial charge in [-0.3, -0.25) is 15.6 Å². The van der Waals surface area contributed by atoms with Gasteiger partial charge in [0.2, 0.25) is 15.9 Å². The number of hydrogen-bond acceptors (Lipinski definition) is 4. The Kier molecular flexibility index (Phi) is 7.06. The fourth-order valence-corrected chi connectivity index (χ4v) is 3.33. The SMILES string of the molecule is C=CCNC(=S)NNC(=O)C1CCCN(S(=O)(=O)CC)C1. The largest absolute Gasteiger partial charge is 0.358 e. The second-order valence-electron chi connectivity index (χ2n) is 4.71. The van der Waals surface area contributed by atoms with Crippen LogP contribution in [0.15, 0.2) is 12.7 Å². The third-order valence-corrected chi connectivity index (χ3v) is 5.31. The minimum absolute atomic E-state index is 0.0507. The van der Waals surface area contributed by atoms with Crippen LogP contribution in [0.25, 0.3) is 0 Å². The number of carbonyl (C=O) groups excluding carboxylic acids is 1. The van der Waals surface area contributed by atoms with Crippen molar-refractivity contribution in [2.75, 3.05) is 25.4 Å². The lowest BCUT2D eigenvalue weighted by Crippen LogP contribution is -2.52. The van der Waals surface area contributed by atoms with Gasteiger partial charge in [0.1, 0.15) is 0 Å². The zero-order valence-electron chi connectivity index (χ0n) is 12.1. The van der Waals surface area contributed by atoms with Gasteiger partial charge in [0.25, 0.3) is 0 Å². The van der Waals surface area contributed by atoms with E-state index in [0.717, 1.165) is 0 Å². The summed E-state index contributed by atoms with van der Waals surface area (Å²) >= 11 is 4.95. The van der Waals surface area contributed by atoms with E-state index in [9.17, 15) is 13.2 Å². The summed E-state index contributed by atoms with van der Waals surface area (Å²) in [6.07, 6.45) is 2.98. The highest BCUT2D eigenvalue weighted by Crippen LogP contribution is 2.19. The number of thiocarbonyl (C=S) groups is 1. The molecule has 9 heteroatoms. The normalized spacial score (nSPS) is 19.6. The van der Waals surface area contributed by atoms with Crippen molar-refractivity contribution in [2.45, 2.75) is 19.8 Å². The zero-order valence-corrected chi connectivity index (χ0v) is 13.7. The summed E-state index contributed by atoms with van der Waals surface area (Å²) in [5.41, 5.74) is 5.09. The third-order valence-electron chi connectivity index (χ3n) is 3.22. The number of hydrazine groups is 1. The Balaban J connectivity index is 2.47. The highest BCUT2D eigenvalue weighted by atomic mass is 32.2. The maximum atomic E-state index is 12.0. The van der Waals surface area contributed by atoms with Crippen molar-refractivity contribution < 1.29 is 13.2 Å². The summed E-state index contributed by atoms with van der Waals surface area (Å²) in [5.74, 6) is -0.571. The van der Waals surface area contributed by atoms with E-state index in [0.29, 0.717) is 25.9 Å². The number of nitrogens with zero attached hydrogens (tertiary/aromatic N) is 1. The van der Waals surface area contributed by atoms with E-state index < -0.39 is 10.0 Å². The molecule has 1 saturated heterocycles. The van der Waals surface area contributed by atoms with Gasteiger partial charge in [-0.1, -0.05) is 6.08 Å². The summed E-state index contributed by atoms with van der Waals surface area (Å²) in [4.78, 5) is 12.0. The van der Waals surface area contributed by atoms with Crippen molar-refractivity contribution in [3.8, 4) is 0 Å². The lowest BCUT2D eigenvalue weighted by molar-refractivity contribution is -0.126. The van der Waals surface area contributed by atoms with Crippen molar-refractivity contribution in [1.82, 2.24) is 20.5 Å². The van der Waals surface area contributed by atoms with Crippen LogP contribution >= 0.6 is 12.2 Å². The molecule has 1 heterocycles. The van der Waals surface area contributed by atoms with Gasteiger partial charge in [0.15, 0.2) is 5.11 Å². The highest BCUT2D eigenvalue weighted by molar-refractivity contribution is 7.89. The predicted molar refractivity (Wildman–Crippen MR) is 85.8 cm³/mol. The molecule has 3 N–H and O–H groups in total. The van der Waals surface area contributed by atoms with Crippen LogP contribution in [-0.4, -0.2) is 49.1 Å². The van der Waals surface area contributed by atoms with Gasteiger partial charge in [-0.05, 0) is 32.0 Å². The van der Waals surface area contributed by atoms with Gasteiger partial charge in [-0.25, -0.2) is 12.7 Å². The summed E-state index contributed by atoms with van der Waals surface area (Å²) in [7, 11) is -3.25. The Morgan fingerprint density at radius 2 is 2.19 bits per heavy atom. The van der Waals surface area contributed by atoms with Crippen LogP contribution < -0.4 is 16.2 Å². The van der Waals surface area contributed by atoms with Crippen molar-refractivity contribution in [3.63, 3.8) is 0 Å². The molecule has 0 spiro atoms. The van der Waals surface area contributed by atoms with Crippen LogP contribution in [0.4, 0.5) is 0 Å². The van der Waals surface area contributed by atoms with Crippen LogP contribution in [-0.2, 0) is 14.8 Å². The number of rotatable bonds is 5. The first kappa shape index (κ1) is 17.9. The number of nitrogens with one attached hydrogen (secondary N) is 3. The highest BCUT2D eigenvalue weighted by Gasteiger charge is 2.31. The van der Waals surface area contributed by atoms with Gasteiger partial charge < -0.3 is 5.32 Å². The molecule has 1 fully saturated rings. The fraction of sp³-hybridized carbons (Fsp3) is 0.667. The Morgan fingerprint density at radius 3 is 2.81 bits per heavy atom. The molecular weight excluding hydrogens is 312 g/mol. The number of piperidine rings is 1. The molecule has 0 aromatic heterocycles. The van der Waals surface area contributed by atoms with E-state index in [-0.39, 0.29) is 29.2 Å². The van der Waals surface area contributed by atoms with Crippen molar-refractivity contribution >= 4 is 33.3 Å². The molecule has 0 aromatic rings. The molecule has 1 atom stereocenters. The van der Waals surface area contributed by atoms with Gasteiger partial charge >= 0.3 is 0 Å². The molecule has 1 rings (SSSR count). The van der Waals surface area contributed by atoms with E-state index in [1.54, 1.807) is 13.0 Å². The maximum Gasteiger partial charge on any atom is 0.242 e. The monoisotopic (exact) mass is 334 g/mol. The van der Waals surface area contributed by atoms with E-state index in [2.05, 4.69) is 22.7 Å². The number of amides is 1. The zero-order chi connectivity index (χ0) is 15.9. The Hall–Kier alpha value is -1.19. The molecule has 0 aromatic carbocycles. The second kappa shape index (κ2) is 8.30. The van der Waals surface area contributed by atoms with Gasteiger partial charge in [-0.15, -0.1) is 6.58 Å². The molecule has 21 heavy (non-hydrogen) atoms. The molecule has 1 unspecified atom stereocenters. The minimum Gasteiger partial charge on any atom is -0.358 e. The van der Waals surface area contributed by atoms with E-state index in [1.807, 2.05) is 0 Å². The molecule has 1 aliphatic rings. The van der Waals surface area contributed by atoms with E-state index >= 15 is 0 Å². The van der Waals surface area contributed by atoms with Crippen LogP contribution in [0, 0.1) is 5.92 Å². The standard InChI is InChI=1S/C12H22N4O3S2/c1-3-7-13-12(20)15-14-11(17)10-6-5-8-16(9-10)21(18,19)4-2/h3,10H,1,4-9H2,2H3,(H,14,17)(H2,13,15,20). The van der Waals surface area contributed by atoms with E-state index in [1.165, 1.54) is 4.31 Å². The summed E-state index contributed by atoms with van der Waals surface area (Å²) in [6.45, 7) is 6.33. The van der Waals surface area contributed by atoms with Crippen LogP contribution in [0.5, 0.6) is 0 Å². The molecule has 1 aliphatic heterocycles. The lowest BCUT2D eigenvalue weighted by atomic mass is 9.99. The number of carbonyl (C=O) groups is 1. The molecule has 7 nitrogen and oxygen atoms in total. The molecule has 120 valence electrons. The van der Waals surface area contributed by atoms with Crippen LogP contribution in [0.1, 0.15) is 19.8 Å². The molecule has 0 aliphatic carbocycles. The third kappa shape index (κ3) is 5.60. The predicted octanol–water partition coefficient (Wildman–Crippen LogP) is -0.271. The summed E-state index contributed by atoms with van der Waals surface area (Å²) in [5, 5.41) is 3.10. The minimum atomic E-state index is -3.25. The number of hydrogen-bond donors (Lipinski definition) is 3. The van der Waals surface area contributed by atoms with Gasteiger partial charge in [0, 0.05) is 19.6 Å². The average molecular weight is 334 g/mol. The molecule has 0 bridgehead atoms. The Morgan fingerprint density at radius 1 is 1.48 bits per heavy atom. The molecule has 0 saturated carbocycles. The summed E-state index contributed by atoms with van der Waals surface area (Å²) < 4.78 is 25.1. The lowest BCUT2D eigenvalue weighted by Gasteiger charge is -2.30. The van der Waals surface area contributed by atoms with Gasteiger partial charge in [-0.2, -0.15) is 0 Å². The summed E-state index contributed by atoms with van der Waals surface area (Å²) in [6, 6.07) is 0. The van der Waals surface area contributed by atoms with Crippen molar-refractivity contribution in [3.05, 3.63) is 12.7 Å². The Bertz CT molecular complexity index is 493. The van der Waals surface area contributed by atoms with Crippen LogP contribution in [0.2, 0.25) is 0 Å². The smallest absolute Gasteiger partial charge is 0.242 e. The first-order valence-electron chi connectivity index (χ1n) is 6.83. The topological polar surface area (TPSA) is 90.5 Å². The van der Waals surface area contributed by atoms with Crippen molar-refractivity contribution in [2.24, 2.45) is 5.92 Å². The van der Waals surface area contributed by atoms with Crippen LogP contribution in [0.3, 0.4) is 0 Å². The second-order valence-corrected chi connectivity index (χ2v) is 7.38. The first-order chi connectivity index (χ1) is 9.90. The quantitative estimate of drug-likeness (QED) is 0.364. The Labute approximate surface area is 131 Å². The average Bonchev–Trinajstić information content (AvgIpc) is 2.50. The molecule has 1 amide bonds. The van der Waals surface area contributed by atoms with E-state index in [4.69, 9.17) is 12.2 Å². The fourth-order valence-electron chi connectivity index (χ4n) is 2.02. The van der Waals surface area contributed by atoms with Gasteiger partial charge in [0.05, 0.1) is 11.7 Å².